The molecular weight excluding hydrogens is 382 g/mol. The molecule has 0 saturated carbocycles. The number of hydrogen-bond donors (Lipinski definition) is 1. The number of rotatable bonds is 5. The van der Waals surface area contributed by atoms with Crippen LogP contribution in [-0.4, -0.2) is 40.4 Å². The minimum absolute atomic E-state index is 0.0984. The molecule has 27 heavy (non-hydrogen) atoms. The number of aromatic nitrogens is 1. The van der Waals surface area contributed by atoms with Crippen LogP contribution in [0.2, 0.25) is 0 Å². The average molecular weight is 402 g/mol. The van der Waals surface area contributed by atoms with E-state index in [1.807, 2.05) is 36.6 Å². The highest BCUT2D eigenvalue weighted by molar-refractivity contribution is 8.00. The SMILES string of the molecule is CSc1nc2ccc(NC(=O)CCN3C(=O)[C@@H]4CC=CC[C@H]4C3=O)cc2s1. The smallest absolute Gasteiger partial charge is 0.233 e. The Morgan fingerprint density at radius 2 is 1.96 bits per heavy atom. The van der Waals surface area contributed by atoms with Crippen molar-refractivity contribution in [3.05, 3.63) is 30.4 Å². The maximum Gasteiger partial charge on any atom is 0.233 e. The van der Waals surface area contributed by atoms with Crippen molar-refractivity contribution >= 4 is 56.7 Å². The molecule has 1 aliphatic carbocycles. The Hall–Kier alpha value is -2.19. The van der Waals surface area contributed by atoms with Gasteiger partial charge in [-0.15, -0.1) is 11.3 Å². The van der Waals surface area contributed by atoms with Crippen molar-refractivity contribution in [1.82, 2.24) is 9.88 Å². The molecule has 1 aliphatic heterocycles. The number of amides is 3. The first-order chi connectivity index (χ1) is 13.1. The Bertz CT molecular complexity index is 927. The summed E-state index contributed by atoms with van der Waals surface area (Å²) in [5.41, 5.74) is 1.60. The maximum atomic E-state index is 12.4. The monoisotopic (exact) mass is 401 g/mol. The first kappa shape index (κ1) is 18.2. The molecule has 0 bridgehead atoms. The van der Waals surface area contributed by atoms with Gasteiger partial charge < -0.3 is 5.32 Å². The Balaban J connectivity index is 1.37. The molecule has 1 N–H and O–H groups in total. The van der Waals surface area contributed by atoms with Gasteiger partial charge >= 0.3 is 0 Å². The standard InChI is InChI=1S/C19H19N3O3S2/c1-26-19-21-14-7-6-11(10-15(14)27-19)20-16(23)8-9-22-17(24)12-4-2-3-5-13(12)18(22)25/h2-3,6-7,10,12-13H,4-5,8-9H2,1H3,(H,20,23)/t12-,13-/m1/s1. The van der Waals surface area contributed by atoms with Gasteiger partial charge in [-0.05, 0) is 37.3 Å². The van der Waals surface area contributed by atoms with Crippen molar-refractivity contribution in [3.8, 4) is 0 Å². The number of thioether (sulfide) groups is 1. The summed E-state index contributed by atoms with van der Waals surface area (Å²) in [7, 11) is 0. The number of thiazole rings is 1. The number of hydrogen-bond acceptors (Lipinski definition) is 6. The molecule has 0 spiro atoms. The molecule has 8 heteroatoms. The number of fused-ring (bicyclic) bond motifs is 2. The van der Waals surface area contributed by atoms with Gasteiger partial charge in [-0.1, -0.05) is 23.9 Å². The van der Waals surface area contributed by atoms with Crippen LogP contribution in [0.4, 0.5) is 5.69 Å². The molecule has 1 aromatic heterocycles. The molecule has 3 amide bonds. The van der Waals surface area contributed by atoms with E-state index >= 15 is 0 Å². The quantitative estimate of drug-likeness (QED) is 0.472. The first-order valence-corrected chi connectivity index (χ1v) is 10.9. The zero-order chi connectivity index (χ0) is 19.0. The maximum absolute atomic E-state index is 12.4. The van der Waals surface area contributed by atoms with Gasteiger partial charge in [0.25, 0.3) is 0 Å². The van der Waals surface area contributed by atoms with Gasteiger partial charge in [0.2, 0.25) is 17.7 Å². The molecule has 2 aromatic rings. The van der Waals surface area contributed by atoms with Crippen LogP contribution in [0.25, 0.3) is 10.2 Å². The highest BCUT2D eigenvalue weighted by Gasteiger charge is 2.46. The van der Waals surface area contributed by atoms with E-state index in [2.05, 4.69) is 10.3 Å². The Labute approximate surface area is 165 Å². The second-order valence-electron chi connectivity index (χ2n) is 6.65. The molecule has 0 radical (unpaired) electrons. The third-order valence-electron chi connectivity index (χ3n) is 4.99. The Morgan fingerprint density at radius 3 is 2.63 bits per heavy atom. The minimum Gasteiger partial charge on any atom is -0.326 e. The molecule has 6 nitrogen and oxygen atoms in total. The van der Waals surface area contributed by atoms with Crippen molar-refractivity contribution in [2.75, 3.05) is 18.1 Å². The third-order valence-corrected chi connectivity index (χ3v) is 6.99. The molecule has 1 aromatic carbocycles. The van der Waals surface area contributed by atoms with E-state index in [0.717, 1.165) is 14.6 Å². The molecule has 0 unspecified atom stereocenters. The molecule has 2 aliphatic rings. The van der Waals surface area contributed by atoms with Gasteiger partial charge in [0.15, 0.2) is 4.34 Å². The minimum atomic E-state index is -0.245. The number of carbonyl (C=O) groups excluding carboxylic acids is 3. The van der Waals surface area contributed by atoms with Gasteiger partial charge in [-0.2, -0.15) is 0 Å². The molecule has 2 atom stereocenters. The van der Waals surface area contributed by atoms with Crippen molar-refractivity contribution < 1.29 is 14.4 Å². The van der Waals surface area contributed by atoms with E-state index in [-0.39, 0.29) is 42.5 Å². The topological polar surface area (TPSA) is 79.4 Å². The number of benzene rings is 1. The van der Waals surface area contributed by atoms with Crippen LogP contribution < -0.4 is 5.32 Å². The van der Waals surface area contributed by atoms with Gasteiger partial charge in [-0.25, -0.2) is 4.98 Å². The summed E-state index contributed by atoms with van der Waals surface area (Å²) in [6, 6.07) is 5.60. The lowest BCUT2D eigenvalue weighted by Gasteiger charge is -2.14. The van der Waals surface area contributed by atoms with Gasteiger partial charge in [0, 0.05) is 18.7 Å². The second kappa shape index (κ2) is 7.44. The highest BCUT2D eigenvalue weighted by Crippen LogP contribution is 2.35. The fourth-order valence-corrected chi connectivity index (χ4v) is 5.12. The summed E-state index contributed by atoms with van der Waals surface area (Å²) in [5, 5.41) is 2.85. The number of allylic oxidation sites excluding steroid dienone is 2. The zero-order valence-corrected chi connectivity index (χ0v) is 16.4. The number of nitrogens with one attached hydrogen (secondary N) is 1. The van der Waals surface area contributed by atoms with Crippen molar-refractivity contribution in [2.24, 2.45) is 11.8 Å². The second-order valence-corrected chi connectivity index (χ2v) is 8.73. The van der Waals surface area contributed by atoms with Gasteiger partial charge in [0.1, 0.15) is 0 Å². The summed E-state index contributed by atoms with van der Waals surface area (Å²) in [6.07, 6.45) is 7.23. The number of likely N-dealkylation sites (tertiary alicyclic amines) is 1. The largest absolute Gasteiger partial charge is 0.326 e. The molecule has 2 heterocycles. The Kier molecular flexibility index (Phi) is 5.01. The molecule has 1 saturated heterocycles. The highest BCUT2D eigenvalue weighted by atomic mass is 32.2. The van der Waals surface area contributed by atoms with Gasteiger partial charge in [-0.3, -0.25) is 19.3 Å². The predicted molar refractivity (Wildman–Crippen MR) is 107 cm³/mol. The summed E-state index contributed by atoms with van der Waals surface area (Å²) in [6.45, 7) is 0.135. The predicted octanol–water partition coefficient (Wildman–Crippen LogP) is 3.30. The van der Waals surface area contributed by atoms with E-state index in [1.165, 1.54) is 4.90 Å². The zero-order valence-electron chi connectivity index (χ0n) is 14.8. The summed E-state index contributed by atoms with van der Waals surface area (Å²) in [5.74, 6) is -0.983. The van der Waals surface area contributed by atoms with Crippen LogP contribution in [0.5, 0.6) is 0 Å². The van der Waals surface area contributed by atoms with Crippen molar-refractivity contribution in [2.45, 2.75) is 23.6 Å². The van der Waals surface area contributed by atoms with Crippen LogP contribution in [-0.2, 0) is 14.4 Å². The molecular formula is C19H19N3O3S2. The number of carbonyl (C=O) groups is 3. The Morgan fingerprint density at radius 1 is 1.26 bits per heavy atom. The van der Waals surface area contributed by atoms with Crippen LogP contribution in [0.15, 0.2) is 34.7 Å². The van der Waals surface area contributed by atoms with Crippen molar-refractivity contribution in [3.63, 3.8) is 0 Å². The lowest BCUT2D eigenvalue weighted by atomic mass is 9.85. The number of imide groups is 1. The van der Waals surface area contributed by atoms with E-state index < -0.39 is 0 Å². The lowest BCUT2D eigenvalue weighted by molar-refractivity contribution is -0.140. The van der Waals surface area contributed by atoms with Gasteiger partial charge in [0.05, 0.1) is 22.1 Å². The number of anilines is 1. The third kappa shape index (κ3) is 3.51. The van der Waals surface area contributed by atoms with Crippen LogP contribution >= 0.6 is 23.1 Å². The fraction of sp³-hybridized carbons (Fsp3) is 0.368. The van der Waals surface area contributed by atoms with Crippen LogP contribution in [0, 0.1) is 11.8 Å². The van der Waals surface area contributed by atoms with Crippen molar-refractivity contribution in [1.29, 1.82) is 0 Å². The molecule has 1 fully saturated rings. The van der Waals surface area contributed by atoms with E-state index in [1.54, 1.807) is 23.1 Å². The van der Waals surface area contributed by atoms with E-state index in [0.29, 0.717) is 18.5 Å². The first-order valence-electron chi connectivity index (χ1n) is 8.81. The van der Waals surface area contributed by atoms with E-state index in [4.69, 9.17) is 0 Å². The van der Waals surface area contributed by atoms with E-state index in [9.17, 15) is 14.4 Å². The molecule has 140 valence electrons. The number of nitrogens with zero attached hydrogens (tertiary/aromatic N) is 2. The molecule has 4 rings (SSSR count). The summed E-state index contributed by atoms with van der Waals surface area (Å²) < 4.78 is 1.99. The lowest BCUT2D eigenvalue weighted by Crippen LogP contribution is -2.34. The van der Waals surface area contributed by atoms with Crippen LogP contribution in [0.3, 0.4) is 0 Å². The van der Waals surface area contributed by atoms with Crippen LogP contribution in [0.1, 0.15) is 19.3 Å². The normalized spacial score (nSPS) is 21.7. The fourth-order valence-electron chi connectivity index (χ4n) is 3.59. The summed E-state index contributed by atoms with van der Waals surface area (Å²) in [4.78, 5) is 42.9. The average Bonchev–Trinajstić information content (AvgIpc) is 3.19. The summed E-state index contributed by atoms with van der Waals surface area (Å²) >= 11 is 3.17.